The van der Waals surface area contributed by atoms with Crippen LogP contribution in [0.1, 0.15) is 101 Å². The molecule has 2 heterocycles. The van der Waals surface area contributed by atoms with Crippen molar-refractivity contribution in [1.82, 2.24) is 26.2 Å². The monoisotopic (exact) mass is 844 g/mol. The van der Waals surface area contributed by atoms with Crippen LogP contribution in [0.5, 0.6) is 0 Å². The maximum absolute atomic E-state index is 13.7. The minimum Gasteiger partial charge on any atom is -0.403 e. The SMILES string of the molecule is CCCCc1ccc(-c2ccc(C(=O)N[C@@H](CCN)C(=O)N3CCC3C(=O)N[C@@H](N)C(=O)N[C@@H](CCCCN)C(=O)N[C@@H](N)B3OC4C[C@@H]5C[C@@H](C5(C)C)[C@]4(C)O3)cc2)cc1. The zero-order valence-electron chi connectivity index (χ0n) is 36.1. The van der Waals surface area contributed by atoms with E-state index in [4.69, 9.17) is 32.2 Å². The van der Waals surface area contributed by atoms with Crippen LogP contribution in [0.4, 0.5) is 0 Å². The van der Waals surface area contributed by atoms with Gasteiger partial charge in [-0.3, -0.25) is 24.0 Å². The number of hydrogen-bond acceptors (Lipinski definition) is 11. The van der Waals surface area contributed by atoms with Gasteiger partial charge >= 0.3 is 7.12 Å². The molecule has 16 nitrogen and oxygen atoms in total. The lowest BCUT2D eigenvalue weighted by Gasteiger charge is -2.64. The molecule has 5 amide bonds. The lowest BCUT2D eigenvalue weighted by atomic mass is 9.43. The van der Waals surface area contributed by atoms with E-state index in [0.717, 1.165) is 43.2 Å². The molecule has 5 fully saturated rings. The summed E-state index contributed by atoms with van der Waals surface area (Å²) in [6, 6.07) is 11.6. The summed E-state index contributed by atoms with van der Waals surface area (Å²) in [5.41, 5.74) is 27.4. The molecule has 17 heteroatoms. The van der Waals surface area contributed by atoms with Gasteiger partial charge in [0, 0.05) is 12.1 Å². The van der Waals surface area contributed by atoms with E-state index < -0.39 is 72.6 Å². The standard InChI is InChI=1S/C44H66BN9O7/c1-5-6-9-26-11-13-27(14-12-26)28-15-17-29(18-16-28)37(55)51-32(19-22-47)41(59)54-23-20-33(54)39(57)52-36(48)40(58)50-31(10-7-8-21-46)38(56)53-42(49)45-60-35-25-30-24-34(43(30,2)3)44(35,4)61-45/h11-18,30-36,42H,5-10,19-25,46-49H2,1-4H3,(H,50,58)(H,51,55)(H,52,57)(H,53,56)/t30-,31-,32-,33?,34-,35?,36+,42+,44-/m0/s1. The van der Waals surface area contributed by atoms with E-state index in [2.05, 4.69) is 73.2 Å². The Hall–Kier alpha value is -4.39. The van der Waals surface area contributed by atoms with Gasteiger partial charge in [0.25, 0.3) is 11.8 Å². The molecule has 9 atom stereocenters. The number of nitrogens with zero attached hydrogens (tertiary/aromatic N) is 1. The zero-order valence-corrected chi connectivity index (χ0v) is 36.1. The minimum absolute atomic E-state index is 0.115. The average Bonchev–Trinajstić information content (AvgIpc) is 3.59. The summed E-state index contributed by atoms with van der Waals surface area (Å²) in [4.78, 5) is 68.7. The zero-order chi connectivity index (χ0) is 44.1. The first kappa shape index (κ1) is 46.1. The molecule has 12 N–H and O–H groups in total. The lowest BCUT2D eigenvalue weighted by molar-refractivity contribution is -0.199. The molecule has 61 heavy (non-hydrogen) atoms. The van der Waals surface area contributed by atoms with Gasteiger partial charge in [0.05, 0.1) is 11.7 Å². The number of amides is 5. The van der Waals surface area contributed by atoms with E-state index in [9.17, 15) is 24.0 Å². The molecule has 332 valence electrons. The van der Waals surface area contributed by atoms with Gasteiger partial charge in [0.1, 0.15) is 24.2 Å². The van der Waals surface area contributed by atoms with Crippen molar-refractivity contribution in [2.45, 2.75) is 134 Å². The maximum atomic E-state index is 13.7. The Morgan fingerprint density at radius 1 is 0.820 bits per heavy atom. The Labute approximate surface area is 359 Å². The van der Waals surface area contributed by atoms with Crippen LogP contribution in [0.25, 0.3) is 11.1 Å². The number of carbonyl (C=O) groups is 5. The van der Waals surface area contributed by atoms with Gasteiger partial charge in [0.15, 0.2) is 6.17 Å². The van der Waals surface area contributed by atoms with Crippen LogP contribution in [-0.4, -0.2) is 103 Å². The molecule has 7 rings (SSSR count). The number of carbonyl (C=O) groups excluding carboxylic acids is 5. The second-order valence-electron chi connectivity index (χ2n) is 18.0. The van der Waals surface area contributed by atoms with Crippen molar-refractivity contribution in [3.05, 3.63) is 59.7 Å². The minimum atomic E-state index is -1.54. The summed E-state index contributed by atoms with van der Waals surface area (Å²) < 4.78 is 12.7. The Balaban J connectivity index is 1.000. The van der Waals surface area contributed by atoms with Crippen molar-refractivity contribution in [3.8, 4) is 11.1 Å². The normalized spacial score (nSPS) is 25.4. The Morgan fingerprint density at radius 2 is 1.51 bits per heavy atom. The predicted molar refractivity (Wildman–Crippen MR) is 233 cm³/mol. The van der Waals surface area contributed by atoms with E-state index in [1.54, 1.807) is 12.1 Å². The molecular formula is C44H66BN9O7. The van der Waals surface area contributed by atoms with Gasteiger partial charge in [-0.15, -0.1) is 0 Å². The number of nitrogens with two attached hydrogens (primary N) is 4. The fourth-order valence-electron chi connectivity index (χ4n) is 9.57. The quantitative estimate of drug-likeness (QED) is 0.0537. The van der Waals surface area contributed by atoms with E-state index in [1.165, 1.54) is 10.5 Å². The van der Waals surface area contributed by atoms with Crippen molar-refractivity contribution in [1.29, 1.82) is 0 Å². The van der Waals surface area contributed by atoms with Gasteiger partial charge in [0.2, 0.25) is 17.7 Å². The first-order valence-corrected chi connectivity index (χ1v) is 22.1. The fraction of sp³-hybridized carbons (Fsp3) is 0.614. The Morgan fingerprint density at radius 3 is 2.11 bits per heavy atom. The number of nitrogens with one attached hydrogen (secondary N) is 4. The van der Waals surface area contributed by atoms with Gasteiger partial charge in [-0.2, -0.15) is 0 Å². The number of likely N-dealkylation sites (tertiary alicyclic amines) is 1. The molecule has 3 saturated carbocycles. The van der Waals surface area contributed by atoms with Crippen LogP contribution >= 0.6 is 0 Å². The third-order valence-electron chi connectivity index (χ3n) is 13.6. The molecule has 3 aliphatic carbocycles. The topological polar surface area (TPSA) is 259 Å². The summed E-state index contributed by atoms with van der Waals surface area (Å²) in [6.45, 7) is 9.51. The van der Waals surface area contributed by atoms with E-state index in [1.807, 2.05) is 12.1 Å². The molecule has 0 aromatic heterocycles. The first-order chi connectivity index (χ1) is 29.1. The molecule has 2 aromatic rings. The van der Waals surface area contributed by atoms with Crippen LogP contribution in [0.2, 0.25) is 0 Å². The number of unbranched alkanes of at least 4 members (excludes halogenated alkanes) is 2. The molecule has 2 aliphatic heterocycles. The molecule has 0 spiro atoms. The van der Waals surface area contributed by atoms with Crippen LogP contribution in [0, 0.1) is 17.3 Å². The molecule has 2 bridgehead atoms. The lowest BCUT2D eigenvalue weighted by Crippen LogP contribution is -2.66. The largest absolute Gasteiger partial charge is 0.497 e. The molecule has 2 aromatic carbocycles. The molecule has 2 saturated heterocycles. The van der Waals surface area contributed by atoms with Crippen LogP contribution in [-0.2, 0) is 34.9 Å². The molecule has 5 aliphatic rings. The summed E-state index contributed by atoms with van der Waals surface area (Å²) in [6.07, 6.45) is 5.42. The number of hydrogen-bond donors (Lipinski definition) is 8. The fourth-order valence-corrected chi connectivity index (χ4v) is 9.57. The van der Waals surface area contributed by atoms with Crippen LogP contribution in [0.15, 0.2) is 48.5 Å². The summed E-state index contributed by atoms with van der Waals surface area (Å²) in [7, 11) is -0.864. The van der Waals surface area contributed by atoms with E-state index in [-0.39, 0.29) is 37.5 Å². The van der Waals surface area contributed by atoms with Gasteiger partial charge < -0.3 is 58.4 Å². The van der Waals surface area contributed by atoms with Gasteiger partial charge in [-0.1, -0.05) is 63.6 Å². The number of aryl methyl sites for hydroxylation is 1. The smallest absolute Gasteiger partial charge is 0.403 e. The maximum Gasteiger partial charge on any atom is 0.497 e. The van der Waals surface area contributed by atoms with Crippen molar-refractivity contribution < 1.29 is 33.3 Å². The summed E-state index contributed by atoms with van der Waals surface area (Å²) in [5.74, 6) is -2.07. The van der Waals surface area contributed by atoms with Crippen molar-refractivity contribution >= 4 is 36.7 Å². The molecular weight excluding hydrogens is 777 g/mol. The highest BCUT2D eigenvalue weighted by atomic mass is 16.7. The predicted octanol–water partition coefficient (Wildman–Crippen LogP) is 1.43. The first-order valence-electron chi connectivity index (χ1n) is 22.1. The second-order valence-corrected chi connectivity index (χ2v) is 18.0. The van der Waals surface area contributed by atoms with Crippen molar-refractivity contribution in [3.63, 3.8) is 0 Å². The Kier molecular flexibility index (Phi) is 14.9. The third-order valence-corrected chi connectivity index (χ3v) is 13.6. The van der Waals surface area contributed by atoms with Crippen LogP contribution in [0.3, 0.4) is 0 Å². The summed E-state index contributed by atoms with van der Waals surface area (Å²) in [5, 5.41) is 10.7. The van der Waals surface area contributed by atoms with Crippen LogP contribution < -0.4 is 44.2 Å². The van der Waals surface area contributed by atoms with E-state index >= 15 is 0 Å². The summed E-state index contributed by atoms with van der Waals surface area (Å²) >= 11 is 0. The van der Waals surface area contributed by atoms with E-state index in [0.29, 0.717) is 43.2 Å². The second kappa shape index (κ2) is 19.8. The number of benzene rings is 2. The molecule has 0 radical (unpaired) electrons. The molecule has 2 unspecified atom stereocenters. The highest BCUT2D eigenvalue weighted by Gasteiger charge is 2.68. The van der Waals surface area contributed by atoms with Crippen molar-refractivity contribution in [2.75, 3.05) is 19.6 Å². The van der Waals surface area contributed by atoms with Crippen molar-refractivity contribution in [2.24, 2.45) is 40.2 Å². The average molecular weight is 844 g/mol. The number of rotatable bonds is 20. The highest BCUT2D eigenvalue weighted by Crippen LogP contribution is 2.65. The Bertz CT molecular complexity index is 1880. The third kappa shape index (κ3) is 10.1. The van der Waals surface area contributed by atoms with Gasteiger partial charge in [-0.25, -0.2) is 0 Å². The van der Waals surface area contributed by atoms with Gasteiger partial charge in [-0.05, 0) is 124 Å². The highest BCUT2D eigenvalue weighted by molar-refractivity contribution is 6.47.